The molecule has 1 unspecified atom stereocenters. The van der Waals surface area contributed by atoms with Gasteiger partial charge >= 0.3 is 0 Å². The number of aromatic nitrogens is 2. The molecule has 0 aromatic carbocycles. The third-order valence-corrected chi connectivity index (χ3v) is 2.63. The maximum absolute atomic E-state index is 5.56. The van der Waals surface area contributed by atoms with Crippen LogP contribution in [-0.4, -0.2) is 22.6 Å². The van der Waals surface area contributed by atoms with Crippen molar-refractivity contribution in [2.45, 2.75) is 26.3 Å². The first-order chi connectivity index (χ1) is 7.13. The molecule has 0 radical (unpaired) electrons. The van der Waals surface area contributed by atoms with Gasteiger partial charge in [0.15, 0.2) is 0 Å². The van der Waals surface area contributed by atoms with Crippen molar-refractivity contribution in [2.24, 2.45) is 11.7 Å². The predicted molar refractivity (Wildman–Crippen MR) is 65.7 cm³/mol. The van der Waals surface area contributed by atoms with Gasteiger partial charge in [-0.3, -0.25) is 0 Å². The van der Waals surface area contributed by atoms with E-state index in [1.54, 1.807) is 12.4 Å². The molecule has 0 amide bonds. The van der Waals surface area contributed by atoms with Gasteiger partial charge < -0.3 is 11.1 Å². The van der Waals surface area contributed by atoms with Gasteiger partial charge in [0, 0.05) is 18.4 Å². The number of hydrogen-bond acceptors (Lipinski definition) is 4. The molecule has 1 heterocycles. The molecular formula is C10H17BrN4. The van der Waals surface area contributed by atoms with Gasteiger partial charge in [-0.05, 0) is 34.8 Å². The van der Waals surface area contributed by atoms with E-state index in [1.807, 2.05) is 0 Å². The minimum Gasteiger partial charge on any atom is -0.351 e. The summed E-state index contributed by atoms with van der Waals surface area (Å²) in [6.45, 7) is 4.99. The van der Waals surface area contributed by atoms with E-state index >= 15 is 0 Å². The summed E-state index contributed by atoms with van der Waals surface area (Å²) in [7, 11) is 0. The first kappa shape index (κ1) is 12.4. The van der Waals surface area contributed by atoms with E-state index in [9.17, 15) is 0 Å². The summed E-state index contributed by atoms with van der Waals surface area (Å²) in [6.07, 6.45) is 4.39. The van der Waals surface area contributed by atoms with Crippen molar-refractivity contribution >= 4 is 21.9 Å². The fraction of sp³-hybridized carbons (Fsp3) is 0.600. The Bertz CT molecular complexity index is 286. The molecule has 84 valence electrons. The van der Waals surface area contributed by atoms with Gasteiger partial charge in [-0.2, -0.15) is 0 Å². The lowest BCUT2D eigenvalue weighted by Crippen LogP contribution is -2.29. The molecule has 15 heavy (non-hydrogen) atoms. The van der Waals surface area contributed by atoms with E-state index in [-0.39, 0.29) is 0 Å². The largest absolute Gasteiger partial charge is 0.351 e. The number of halogens is 1. The molecule has 1 aromatic rings. The second-order valence-electron chi connectivity index (χ2n) is 3.80. The molecule has 1 aromatic heterocycles. The van der Waals surface area contributed by atoms with E-state index < -0.39 is 0 Å². The topological polar surface area (TPSA) is 63.8 Å². The minimum atomic E-state index is 0.330. The molecule has 0 aliphatic rings. The van der Waals surface area contributed by atoms with Crippen LogP contribution in [0.15, 0.2) is 16.9 Å². The molecule has 0 fully saturated rings. The van der Waals surface area contributed by atoms with E-state index in [1.165, 1.54) is 0 Å². The third kappa shape index (κ3) is 4.13. The maximum Gasteiger partial charge on any atom is 0.222 e. The van der Waals surface area contributed by atoms with Crippen LogP contribution in [0.4, 0.5) is 5.95 Å². The van der Waals surface area contributed by atoms with Crippen LogP contribution >= 0.6 is 15.9 Å². The number of rotatable bonds is 5. The van der Waals surface area contributed by atoms with Crippen LogP contribution in [-0.2, 0) is 0 Å². The molecule has 5 heteroatoms. The van der Waals surface area contributed by atoms with Gasteiger partial charge in [-0.1, -0.05) is 13.8 Å². The molecule has 3 N–H and O–H groups in total. The highest BCUT2D eigenvalue weighted by Gasteiger charge is 2.12. The minimum absolute atomic E-state index is 0.330. The van der Waals surface area contributed by atoms with Gasteiger partial charge in [-0.15, -0.1) is 0 Å². The fourth-order valence-electron chi connectivity index (χ4n) is 1.30. The van der Waals surface area contributed by atoms with Crippen molar-refractivity contribution in [2.75, 3.05) is 11.9 Å². The number of hydrogen-bond donors (Lipinski definition) is 2. The smallest absolute Gasteiger partial charge is 0.222 e. The lowest BCUT2D eigenvalue weighted by molar-refractivity contribution is 0.496. The van der Waals surface area contributed by atoms with Gasteiger partial charge in [0.25, 0.3) is 0 Å². The summed E-state index contributed by atoms with van der Waals surface area (Å²) in [5, 5.41) is 3.28. The monoisotopic (exact) mass is 272 g/mol. The van der Waals surface area contributed by atoms with Crippen LogP contribution < -0.4 is 11.1 Å². The average Bonchev–Trinajstić information content (AvgIpc) is 2.20. The number of anilines is 1. The highest BCUT2D eigenvalue weighted by Crippen LogP contribution is 2.12. The molecular weight excluding hydrogens is 256 g/mol. The van der Waals surface area contributed by atoms with Gasteiger partial charge in [0.05, 0.1) is 4.47 Å². The Kier molecular flexibility index (Phi) is 4.98. The van der Waals surface area contributed by atoms with E-state index in [4.69, 9.17) is 5.73 Å². The van der Waals surface area contributed by atoms with E-state index in [2.05, 4.69) is 45.1 Å². The summed E-state index contributed by atoms with van der Waals surface area (Å²) >= 11 is 3.30. The van der Waals surface area contributed by atoms with Gasteiger partial charge in [0.2, 0.25) is 5.95 Å². The van der Waals surface area contributed by atoms with Crippen molar-refractivity contribution < 1.29 is 0 Å². The zero-order valence-corrected chi connectivity index (χ0v) is 10.7. The van der Waals surface area contributed by atoms with Crippen molar-refractivity contribution in [3.8, 4) is 0 Å². The normalized spacial score (nSPS) is 12.9. The average molecular weight is 273 g/mol. The van der Waals surface area contributed by atoms with Crippen LogP contribution in [0.1, 0.15) is 20.3 Å². The number of nitrogens with one attached hydrogen (secondary N) is 1. The second-order valence-corrected chi connectivity index (χ2v) is 4.71. The Morgan fingerprint density at radius 3 is 2.47 bits per heavy atom. The molecule has 0 bridgehead atoms. The van der Waals surface area contributed by atoms with Crippen LogP contribution in [0.5, 0.6) is 0 Å². The quantitative estimate of drug-likeness (QED) is 0.861. The Morgan fingerprint density at radius 1 is 1.40 bits per heavy atom. The standard InChI is InChI=1S/C10H17BrN4/c1-7(2)9(3-4-12)15-10-13-5-8(11)6-14-10/h5-7,9H,3-4,12H2,1-2H3,(H,13,14,15). The van der Waals surface area contributed by atoms with Crippen LogP contribution in [0, 0.1) is 5.92 Å². The zero-order valence-electron chi connectivity index (χ0n) is 9.07. The Balaban J connectivity index is 2.61. The molecule has 4 nitrogen and oxygen atoms in total. The lowest BCUT2D eigenvalue weighted by atomic mass is 10.0. The first-order valence-corrected chi connectivity index (χ1v) is 5.87. The summed E-state index contributed by atoms with van der Waals surface area (Å²) in [6, 6.07) is 0.330. The van der Waals surface area contributed by atoms with Crippen molar-refractivity contribution in [3.05, 3.63) is 16.9 Å². The van der Waals surface area contributed by atoms with Crippen LogP contribution in [0.25, 0.3) is 0 Å². The molecule has 0 saturated heterocycles. The molecule has 1 rings (SSSR count). The second kappa shape index (κ2) is 6.02. The molecule has 0 saturated carbocycles. The maximum atomic E-state index is 5.56. The Labute approximate surface area is 98.8 Å². The lowest BCUT2D eigenvalue weighted by Gasteiger charge is -2.21. The first-order valence-electron chi connectivity index (χ1n) is 5.07. The fourth-order valence-corrected chi connectivity index (χ4v) is 1.51. The number of nitrogens with two attached hydrogens (primary N) is 1. The van der Waals surface area contributed by atoms with Crippen LogP contribution in [0.2, 0.25) is 0 Å². The molecule has 0 spiro atoms. The molecule has 0 aliphatic carbocycles. The zero-order chi connectivity index (χ0) is 11.3. The van der Waals surface area contributed by atoms with Crippen molar-refractivity contribution in [3.63, 3.8) is 0 Å². The SMILES string of the molecule is CC(C)C(CCN)Nc1ncc(Br)cn1. The summed E-state index contributed by atoms with van der Waals surface area (Å²) in [5.41, 5.74) is 5.56. The molecule has 0 aliphatic heterocycles. The Hall–Kier alpha value is -0.680. The van der Waals surface area contributed by atoms with Crippen molar-refractivity contribution in [1.82, 2.24) is 9.97 Å². The van der Waals surface area contributed by atoms with Crippen LogP contribution in [0.3, 0.4) is 0 Å². The van der Waals surface area contributed by atoms with E-state index in [0.717, 1.165) is 10.9 Å². The van der Waals surface area contributed by atoms with Gasteiger partial charge in [0.1, 0.15) is 0 Å². The summed E-state index contributed by atoms with van der Waals surface area (Å²) in [5.74, 6) is 1.17. The number of nitrogens with zero attached hydrogens (tertiary/aromatic N) is 2. The molecule has 1 atom stereocenters. The summed E-state index contributed by atoms with van der Waals surface area (Å²) < 4.78 is 0.882. The highest BCUT2D eigenvalue weighted by molar-refractivity contribution is 9.10. The Morgan fingerprint density at radius 2 is 2.00 bits per heavy atom. The van der Waals surface area contributed by atoms with Crippen molar-refractivity contribution in [1.29, 1.82) is 0 Å². The predicted octanol–water partition coefficient (Wildman–Crippen LogP) is 2.02. The van der Waals surface area contributed by atoms with E-state index in [0.29, 0.717) is 24.5 Å². The summed E-state index contributed by atoms with van der Waals surface area (Å²) in [4.78, 5) is 8.35. The highest BCUT2D eigenvalue weighted by atomic mass is 79.9. The van der Waals surface area contributed by atoms with Gasteiger partial charge in [-0.25, -0.2) is 9.97 Å². The third-order valence-electron chi connectivity index (χ3n) is 2.22.